The van der Waals surface area contributed by atoms with Gasteiger partial charge in [-0.25, -0.2) is 23.8 Å². The van der Waals surface area contributed by atoms with Crippen LogP contribution in [0, 0.1) is 18.7 Å². The van der Waals surface area contributed by atoms with Gasteiger partial charge in [-0.2, -0.15) is 0 Å². The lowest BCUT2D eigenvalue weighted by molar-refractivity contribution is -0.172. The molecule has 5 amide bonds. The number of hydrogen-bond donors (Lipinski definition) is 7. The smallest absolute Gasteiger partial charge is 0.408 e. The highest BCUT2D eigenvalue weighted by atomic mass is 19.1. The zero-order valence-electron chi connectivity index (χ0n) is 34.3. The lowest BCUT2D eigenvalue weighted by Gasteiger charge is -2.36. The van der Waals surface area contributed by atoms with Crippen molar-refractivity contribution in [2.75, 3.05) is 11.9 Å². The maximum atomic E-state index is 15.5. The second-order valence-electron chi connectivity index (χ2n) is 16.2. The number of primary amides is 1. The fourth-order valence-electron chi connectivity index (χ4n) is 8.63. The average molecular weight is 841 g/mol. The maximum absolute atomic E-state index is 15.5. The second kappa shape index (κ2) is 16.6. The minimum Gasteiger partial charge on any atom is -0.465 e. The Hall–Kier alpha value is -6.40. The Morgan fingerprint density at radius 1 is 1.10 bits per heavy atom. The summed E-state index contributed by atoms with van der Waals surface area (Å²) in [6.45, 7) is 6.65. The molecule has 9 N–H and O–H groups in total. The number of nitrogens with zero attached hydrogens (tertiary/aromatic N) is 3. The van der Waals surface area contributed by atoms with E-state index in [1.165, 1.54) is 15.5 Å². The number of carbonyl (C=O) groups excluding carboxylic acids is 4. The molecule has 0 saturated heterocycles. The monoisotopic (exact) mass is 840 g/mol. The van der Waals surface area contributed by atoms with Gasteiger partial charge in [0.05, 0.1) is 41.1 Å². The minimum atomic E-state index is -2.06. The lowest BCUT2D eigenvalue weighted by Crippen LogP contribution is -2.51. The number of aryl methyl sites for hydroxylation is 1. The number of benzene rings is 2. The van der Waals surface area contributed by atoms with E-state index in [-0.39, 0.29) is 61.6 Å². The molecule has 4 atom stereocenters. The third kappa shape index (κ3) is 7.76. The number of amides is 5. The van der Waals surface area contributed by atoms with Gasteiger partial charge in [0, 0.05) is 41.4 Å². The molecular formula is C43H49FN8O9. The Morgan fingerprint density at radius 2 is 1.82 bits per heavy atom. The highest BCUT2D eigenvalue weighted by Gasteiger charge is 2.46. The Labute approximate surface area is 349 Å². The van der Waals surface area contributed by atoms with E-state index >= 15 is 4.39 Å². The van der Waals surface area contributed by atoms with Gasteiger partial charge < -0.3 is 46.9 Å². The van der Waals surface area contributed by atoms with Gasteiger partial charge in [-0.3, -0.25) is 19.3 Å². The van der Waals surface area contributed by atoms with E-state index < -0.39 is 65.0 Å². The molecule has 2 unspecified atom stereocenters. The first-order chi connectivity index (χ1) is 28.9. The van der Waals surface area contributed by atoms with Crippen molar-refractivity contribution in [2.45, 2.75) is 103 Å². The van der Waals surface area contributed by atoms with Crippen molar-refractivity contribution in [3.8, 4) is 11.4 Å². The molecule has 2 aromatic carbocycles. The van der Waals surface area contributed by atoms with Crippen molar-refractivity contribution in [2.24, 2.45) is 17.4 Å². The summed E-state index contributed by atoms with van der Waals surface area (Å²) in [6, 6.07) is 6.14. The van der Waals surface area contributed by atoms with Gasteiger partial charge in [0.15, 0.2) is 5.60 Å². The van der Waals surface area contributed by atoms with Crippen LogP contribution in [0.1, 0.15) is 91.4 Å². The molecule has 2 aliphatic heterocycles. The number of carbonyl (C=O) groups is 5. The van der Waals surface area contributed by atoms with Crippen LogP contribution in [-0.2, 0) is 50.8 Å². The third-order valence-electron chi connectivity index (χ3n) is 12.2. The summed E-state index contributed by atoms with van der Waals surface area (Å²) in [5.41, 5.74) is 13.1. The van der Waals surface area contributed by atoms with E-state index in [0.717, 1.165) is 0 Å². The first-order valence-corrected chi connectivity index (χ1v) is 20.2. The number of anilines is 1. The van der Waals surface area contributed by atoms with Crippen molar-refractivity contribution in [1.29, 1.82) is 0 Å². The van der Waals surface area contributed by atoms with Gasteiger partial charge in [-0.05, 0) is 85.4 Å². The van der Waals surface area contributed by atoms with Crippen LogP contribution in [0.15, 0.2) is 41.2 Å². The van der Waals surface area contributed by atoms with Crippen molar-refractivity contribution in [3.63, 3.8) is 0 Å². The van der Waals surface area contributed by atoms with Crippen LogP contribution in [0.4, 0.5) is 19.7 Å². The summed E-state index contributed by atoms with van der Waals surface area (Å²) in [4.78, 5) is 83.6. The molecule has 0 saturated carbocycles. The molecular weight excluding hydrogens is 792 g/mol. The third-order valence-corrected chi connectivity index (χ3v) is 12.2. The lowest BCUT2D eigenvalue weighted by atomic mass is 9.81. The van der Waals surface area contributed by atoms with Crippen molar-refractivity contribution < 1.29 is 43.3 Å². The summed E-state index contributed by atoms with van der Waals surface area (Å²) >= 11 is 0. The van der Waals surface area contributed by atoms with Crippen molar-refractivity contribution in [1.82, 2.24) is 25.1 Å². The molecule has 2 aromatic heterocycles. The molecule has 17 nitrogen and oxygen atoms in total. The highest BCUT2D eigenvalue weighted by molar-refractivity contribution is 5.98. The van der Waals surface area contributed by atoms with Crippen LogP contribution >= 0.6 is 0 Å². The number of aliphatic hydroxyl groups is 1. The van der Waals surface area contributed by atoms with E-state index in [2.05, 4.69) is 16.0 Å². The quantitative estimate of drug-likeness (QED) is 0.0666. The zero-order chi connectivity index (χ0) is 44.1. The number of urea groups is 1. The fourth-order valence-corrected chi connectivity index (χ4v) is 8.63. The molecule has 4 aromatic rings. The van der Waals surface area contributed by atoms with Crippen LogP contribution in [0.25, 0.3) is 22.3 Å². The topological polar surface area (TPSA) is 261 Å². The average Bonchev–Trinajstić information content (AvgIpc) is 3.60. The number of fused-ring (bicyclic) bond motifs is 5. The number of cyclic esters (lactones) is 1. The minimum absolute atomic E-state index is 0.0221. The van der Waals surface area contributed by atoms with Gasteiger partial charge in [-0.1, -0.05) is 32.9 Å². The number of nitrogens with two attached hydrogens (primary N) is 2. The van der Waals surface area contributed by atoms with Gasteiger partial charge in [-0.15, -0.1) is 0 Å². The Morgan fingerprint density at radius 3 is 2.48 bits per heavy atom. The van der Waals surface area contributed by atoms with Crippen LogP contribution < -0.4 is 33.0 Å². The Kier molecular flexibility index (Phi) is 11.6. The predicted molar refractivity (Wildman–Crippen MR) is 220 cm³/mol. The molecule has 322 valence electrons. The maximum Gasteiger partial charge on any atom is 0.408 e. The standard InChI is InChI=1S/C43H49FN8O9/c1-5-43(60)27-15-32-36-25(18-51(32)39(55)26(27)19-61-40(43)56)34-31(13-12-24-21(4)28(44)16-30(49-36)33(24)34)52(42(58)59)17-22-8-10-23(11-9-22)48-37(53)29(7-6-14-47-41(46)57)50-38(54)35(45)20(2)3/h8-11,15-16,20,29,31,35,60H,5-7,12-14,17-19,45H2,1-4H3,(H,48,53)(H,50,54)(H,58,59)(H3,46,47,57)/t29?,31-,35?,43-/m0/s1. The molecule has 61 heavy (non-hydrogen) atoms. The summed E-state index contributed by atoms with van der Waals surface area (Å²) in [7, 11) is 0. The summed E-state index contributed by atoms with van der Waals surface area (Å²) in [6.07, 6.45) is -0.113. The molecule has 0 spiro atoms. The van der Waals surface area contributed by atoms with Crippen molar-refractivity contribution >= 4 is 46.5 Å². The molecule has 0 fully saturated rings. The number of ether oxygens (including phenoxy) is 1. The number of rotatable bonds is 13. The summed E-state index contributed by atoms with van der Waals surface area (Å²) < 4.78 is 22.2. The van der Waals surface area contributed by atoms with Crippen LogP contribution in [0.5, 0.6) is 0 Å². The number of hydrogen-bond acceptors (Lipinski definition) is 10. The molecule has 1 aliphatic carbocycles. The largest absolute Gasteiger partial charge is 0.465 e. The first-order valence-electron chi connectivity index (χ1n) is 20.2. The van der Waals surface area contributed by atoms with E-state index in [4.69, 9.17) is 21.2 Å². The first kappa shape index (κ1) is 42.7. The molecule has 0 bridgehead atoms. The molecule has 3 aliphatic rings. The molecule has 7 rings (SSSR count). The number of esters is 1. The SMILES string of the molecule is CC[C@@]1(O)C(=O)OCc2c1cc1n(c2=O)Cc2c-1nc1cc(F)c(C)c3c1c2[C@@H](N(Cc1ccc(NC(=O)C(CCCNC(N)=O)NC(=O)C(N)C(C)C)cc1)C(=O)O)CC3. The Balaban J connectivity index is 1.20. The number of aromatic nitrogens is 2. The number of nitrogens with one attached hydrogen (secondary N) is 3. The zero-order valence-corrected chi connectivity index (χ0v) is 34.3. The summed E-state index contributed by atoms with van der Waals surface area (Å²) in [5.74, 6) is -2.55. The van der Waals surface area contributed by atoms with Gasteiger partial charge in [0.1, 0.15) is 18.5 Å². The normalized spacial score (nSPS) is 18.4. The van der Waals surface area contributed by atoms with Crippen LogP contribution in [0.3, 0.4) is 0 Å². The van der Waals surface area contributed by atoms with E-state index in [9.17, 15) is 39.0 Å². The number of pyridine rings is 2. The number of carboxylic acid groups (broad SMARTS) is 1. The van der Waals surface area contributed by atoms with Gasteiger partial charge in [0.25, 0.3) is 5.56 Å². The predicted octanol–water partition coefficient (Wildman–Crippen LogP) is 3.55. The molecule has 4 heterocycles. The second-order valence-corrected chi connectivity index (χ2v) is 16.2. The fraction of sp³-hybridized carbons (Fsp3) is 0.419. The Bertz CT molecular complexity index is 2540. The number of halogens is 1. The van der Waals surface area contributed by atoms with Crippen LogP contribution in [0.2, 0.25) is 0 Å². The van der Waals surface area contributed by atoms with Crippen LogP contribution in [-0.4, -0.2) is 73.2 Å². The molecule has 0 radical (unpaired) electrons. The van der Waals surface area contributed by atoms with Gasteiger partial charge >= 0.3 is 18.1 Å². The van der Waals surface area contributed by atoms with Crippen molar-refractivity contribution in [3.05, 3.63) is 91.5 Å². The van der Waals surface area contributed by atoms with E-state index in [0.29, 0.717) is 69.5 Å². The summed E-state index contributed by atoms with van der Waals surface area (Å²) in [5, 5.41) is 30.8. The van der Waals surface area contributed by atoms with E-state index in [1.807, 2.05) is 0 Å². The van der Waals surface area contributed by atoms with E-state index in [1.54, 1.807) is 58.0 Å². The molecule has 18 heteroatoms. The van der Waals surface area contributed by atoms with Gasteiger partial charge in [0.2, 0.25) is 11.8 Å². The highest BCUT2D eigenvalue weighted by Crippen LogP contribution is 2.48.